The van der Waals surface area contributed by atoms with Crippen LogP contribution in [0.5, 0.6) is 0 Å². The van der Waals surface area contributed by atoms with Gasteiger partial charge in [-0.3, -0.25) is 14.5 Å². The molecule has 0 radical (unpaired) electrons. The molecular weight excluding hydrogens is 335 g/mol. The van der Waals surface area contributed by atoms with Crippen LogP contribution in [-0.2, 0) is 16.6 Å². The number of amides is 2. The second kappa shape index (κ2) is 8.14. The largest absolute Gasteiger partial charge is 0.353 e. The molecule has 3 rings (SSSR count). The van der Waals surface area contributed by atoms with Crippen LogP contribution >= 0.6 is 0 Å². The van der Waals surface area contributed by atoms with Crippen molar-refractivity contribution in [2.24, 2.45) is 7.05 Å². The fourth-order valence-corrected chi connectivity index (χ4v) is 3.33. The minimum absolute atomic E-state index is 0.112. The van der Waals surface area contributed by atoms with Crippen molar-refractivity contribution in [2.45, 2.75) is 18.9 Å². The number of aryl methyl sites for hydroxylation is 1. The van der Waals surface area contributed by atoms with Crippen LogP contribution in [0.2, 0.25) is 0 Å². The van der Waals surface area contributed by atoms with Crippen molar-refractivity contribution >= 4 is 17.5 Å². The van der Waals surface area contributed by atoms with Gasteiger partial charge in [-0.05, 0) is 55.8 Å². The van der Waals surface area contributed by atoms with Crippen LogP contribution in [0.3, 0.4) is 0 Å². The van der Waals surface area contributed by atoms with Gasteiger partial charge in [-0.25, -0.2) is 4.39 Å². The van der Waals surface area contributed by atoms with Crippen molar-refractivity contribution in [3.63, 3.8) is 0 Å². The molecule has 1 aromatic heterocycles. The van der Waals surface area contributed by atoms with Crippen molar-refractivity contribution < 1.29 is 14.0 Å². The Balaban J connectivity index is 1.47. The Labute approximate surface area is 152 Å². The average molecular weight is 358 g/mol. The number of nitrogens with one attached hydrogen (secondary N) is 2. The predicted molar refractivity (Wildman–Crippen MR) is 97.0 cm³/mol. The van der Waals surface area contributed by atoms with E-state index in [1.807, 2.05) is 19.3 Å². The number of anilines is 1. The zero-order valence-corrected chi connectivity index (χ0v) is 14.7. The number of rotatable bonds is 6. The van der Waals surface area contributed by atoms with Crippen LogP contribution < -0.4 is 10.6 Å². The Kier molecular flexibility index (Phi) is 5.68. The molecule has 1 atom stereocenters. The lowest BCUT2D eigenvalue weighted by atomic mass is 10.1. The molecule has 2 heterocycles. The number of carbonyl (C=O) groups is 2. The van der Waals surface area contributed by atoms with Crippen LogP contribution in [0.25, 0.3) is 0 Å². The molecule has 1 aliphatic heterocycles. The Morgan fingerprint density at radius 1 is 1.19 bits per heavy atom. The van der Waals surface area contributed by atoms with Gasteiger partial charge in [-0.1, -0.05) is 0 Å². The molecule has 0 aliphatic carbocycles. The molecule has 1 saturated heterocycles. The molecule has 0 bridgehead atoms. The van der Waals surface area contributed by atoms with E-state index in [0.717, 1.165) is 19.4 Å². The van der Waals surface area contributed by atoms with Gasteiger partial charge < -0.3 is 15.2 Å². The van der Waals surface area contributed by atoms with Crippen LogP contribution in [0.1, 0.15) is 24.6 Å². The molecule has 2 amide bonds. The van der Waals surface area contributed by atoms with Gasteiger partial charge in [-0.2, -0.15) is 0 Å². The highest BCUT2D eigenvalue weighted by Gasteiger charge is 2.28. The van der Waals surface area contributed by atoms with Crippen molar-refractivity contribution in [3.05, 3.63) is 54.1 Å². The van der Waals surface area contributed by atoms with Crippen LogP contribution in [0.15, 0.2) is 42.6 Å². The molecule has 1 aromatic carbocycles. The monoisotopic (exact) mass is 358 g/mol. The first kappa shape index (κ1) is 18.1. The number of halogens is 1. The maximum Gasteiger partial charge on any atom is 0.243 e. The summed E-state index contributed by atoms with van der Waals surface area (Å²) in [6.07, 6.45) is 4.08. The lowest BCUT2D eigenvalue weighted by molar-refractivity contribution is -0.125. The van der Waals surface area contributed by atoms with Crippen molar-refractivity contribution in [1.82, 2.24) is 14.8 Å². The van der Waals surface area contributed by atoms with Gasteiger partial charge in [0.2, 0.25) is 11.8 Å². The van der Waals surface area contributed by atoms with E-state index in [1.165, 1.54) is 30.0 Å². The van der Waals surface area contributed by atoms with E-state index in [1.54, 1.807) is 0 Å². The SMILES string of the molecule is Cn1cccc1[C@H]1CCCN1CC(=O)NCC(=O)Nc1ccc(F)cc1. The molecule has 2 aromatic rings. The molecule has 6 nitrogen and oxygen atoms in total. The summed E-state index contributed by atoms with van der Waals surface area (Å²) in [4.78, 5) is 26.3. The number of likely N-dealkylation sites (tertiary alicyclic amines) is 1. The third-order valence-electron chi connectivity index (χ3n) is 4.61. The number of carbonyl (C=O) groups excluding carboxylic acids is 2. The van der Waals surface area contributed by atoms with Gasteiger partial charge in [-0.15, -0.1) is 0 Å². The van der Waals surface area contributed by atoms with E-state index in [9.17, 15) is 14.0 Å². The summed E-state index contributed by atoms with van der Waals surface area (Å²) in [5.41, 5.74) is 1.69. The summed E-state index contributed by atoms with van der Waals surface area (Å²) in [6.45, 7) is 1.02. The zero-order valence-electron chi connectivity index (χ0n) is 14.7. The second-order valence-electron chi connectivity index (χ2n) is 6.50. The standard InChI is InChI=1S/C19H23FN4O2/c1-23-10-2-4-16(23)17-5-3-11-24(17)13-19(26)21-12-18(25)22-15-8-6-14(20)7-9-15/h2,4,6-10,17H,3,5,11-13H2,1H3,(H,21,26)(H,22,25)/t17-/m1/s1. The van der Waals surface area contributed by atoms with Gasteiger partial charge in [0.1, 0.15) is 5.82 Å². The van der Waals surface area contributed by atoms with E-state index in [2.05, 4.69) is 26.2 Å². The van der Waals surface area contributed by atoms with E-state index in [0.29, 0.717) is 5.69 Å². The third kappa shape index (κ3) is 4.49. The fourth-order valence-electron chi connectivity index (χ4n) is 3.33. The smallest absolute Gasteiger partial charge is 0.243 e. The number of benzene rings is 1. The summed E-state index contributed by atoms with van der Waals surface area (Å²) >= 11 is 0. The molecule has 1 fully saturated rings. The van der Waals surface area contributed by atoms with Gasteiger partial charge in [0.25, 0.3) is 0 Å². The van der Waals surface area contributed by atoms with Crippen LogP contribution in [-0.4, -0.2) is 40.9 Å². The Morgan fingerprint density at radius 3 is 2.65 bits per heavy atom. The quantitative estimate of drug-likeness (QED) is 0.831. The summed E-state index contributed by atoms with van der Waals surface area (Å²) in [5, 5.41) is 5.27. The molecular formula is C19H23FN4O2. The Bertz CT molecular complexity index is 772. The van der Waals surface area contributed by atoms with Crippen molar-refractivity contribution in [1.29, 1.82) is 0 Å². The van der Waals surface area contributed by atoms with Gasteiger partial charge >= 0.3 is 0 Å². The summed E-state index contributed by atoms with van der Waals surface area (Å²) in [5.74, 6) is -0.888. The highest BCUT2D eigenvalue weighted by Crippen LogP contribution is 2.31. The molecule has 2 N–H and O–H groups in total. The second-order valence-corrected chi connectivity index (χ2v) is 6.50. The molecule has 1 aliphatic rings. The molecule has 138 valence electrons. The number of hydrogen-bond acceptors (Lipinski definition) is 3. The lowest BCUT2D eigenvalue weighted by Crippen LogP contribution is -2.40. The minimum atomic E-state index is -0.366. The number of nitrogens with zero attached hydrogens (tertiary/aromatic N) is 2. The fraction of sp³-hybridized carbons (Fsp3) is 0.368. The third-order valence-corrected chi connectivity index (χ3v) is 4.61. The van der Waals surface area contributed by atoms with E-state index < -0.39 is 0 Å². The first-order valence-electron chi connectivity index (χ1n) is 8.70. The minimum Gasteiger partial charge on any atom is -0.353 e. The maximum atomic E-state index is 12.9. The molecule has 26 heavy (non-hydrogen) atoms. The van der Waals surface area contributed by atoms with Crippen LogP contribution in [0.4, 0.5) is 10.1 Å². The van der Waals surface area contributed by atoms with Gasteiger partial charge in [0, 0.05) is 24.6 Å². The number of hydrogen-bond donors (Lipinski definition) is 2. The topological polar surface area (TPSA) is 66.4 Å². The first-order chi connectivity index (χ1) is 12.5. The van der Waals surface area contributed by atoms with Crippen LogP contribution in [0, 0.1) is 5.82 Å². The van der Waals surface area contributed by atoms with E-state index in [4.69, 9.17) is 0 Å². The van der Waals surface area contributed by atoms with Crippen molar-refractivity contribution in [2.75, 3.05) is 25.0 Å². The van der Waals surface area contributed by atoms with Gasteiger partial charge in [0.15, 0.2) is 0 Å². The molecule has 0 saturated carbocycles. The highest BCUT2D eigenvalue weighted by molar-refractivity contribution is 5.94. The number of aromatic nitrogens is 1. The maximum absolute atomic E-state index is 12.9. The van der Waals surface area contributed by atoms with Crippen molar-refractivity contribution in [3.8, 4) is 0 Å². The summed E-state index contributed by atoms with van der Waals surface area (Å²) in [6, 6.07) is 9.81. The summed E-state index contributed by atoms with van der Waals surface area (Å²) < 4.78 is 14.9. The first-order valence-corrected chi connectivity index (χ1v) is 8.70. The normalized spacial score (nSPS) is 17.2. The Hall–Kier alpha value is -2.67. The lowest BCUT2D eigenvalue weighted by Gasteiger charge is -2.24. The predicted octanol–water partition coefficient (Wildman–Crippen LogP) is 2.06. The molecule has 7 heteroatoms. The average Bonchev–Trinajstić information content (AvgIpc) is 3.23. The van der Waals surface area contributed by atoms with Gasteiger partial charge in [0.05, 0.1) is 19.1 Å². The van der Waals surface area contributed by atoms with E-state index >= 15 is 0 Å². The highest BCUT2D eigenvalue weighted by atomic mass is 19.1. The summed E-state index contributed by atoms with van der Waals surface area (Å²) in [7, 11) is 2.01. The zero-order chi connectivity index (χ0) is 18.5. The molecule has 0 unspecified atom stereocenters. The van der Waals surface area contributed by atoms with E-state index in [-0.39, 0.29) is 36.8 Å². The Morgan fingerprint density at radius 2 is 1.96 bits per heavy atom. The molecule has 0 spiro atoms.